The minimum atomic E-state index is -0.840. The topological polar surface area (TPSA) is 110 Å². The Hall–Kier alpha value is -3.66. The Labute approximate surface area is 170 Å². The van der Waals surface area contributed by atoms with Crippen LogP contribution in [-0.4, -0.2) is 27.6 Å². The van der Waals surface area contributed by atoms with Crippen molar-refractivity contribution in [3.63, 3.8) is 0 Å². The first-order valence-electron chi connectivity index (χ1n) is 9.23. The first kappa shape index (κ1) is 21.6. The van der Waals surface area contributed by atoms with Gasteiger partial charge in [0, 0.05) is 30.1 Å². The van der Waals surface area contributed by atoms with Crippen LogP contribution in [0.15, 0.2) is 59.9 Å². The van der Waals surface area contributed by atoms with Crippen molar-refractivity contribution in [2.75, 3.05) is 5.32 Å². The molecule has 3 N–H and O–H groups in total. The van der Waals surface area contributed by atoms with E-state index in [9.17, 15) is 4.79 Å². The molecule has 7 heteroatoms. The molecule has 0 amide bonds. The lowest BCUT2D eigenvalue weighted by atomic mass is 9.97. The predicted molar refractivity (Wildman–Crippen MR) is 114 cm³/mol. The van der Waals surface area contributed by atoms with Crippen molar-refractivity contribution in [1.29, 1.82) is 5.26 Å². The molecule has 0 saturated heterocycles. The summed E-state index contributed by atoms with van der Waals surface area (Å²) in [5.74, 6) is -0.484. The van der Waals surface area contributed by atoms with Crippen molar-refractivity contribution in [3.05, 3.63) is 66.0 Å². The molecule has 2 rings (SSSR count). The first-order chi connectivity index (χ1) is 13.8. The molecule has 29 heavy (non-hydrogen) atoms. The number of aliphatic carboxylic acids is 1. The SMILES string of the molecule is CC(C)(C)N=C(NC#N)Nc1cccc(/C(=C/CCC(=O)O)c2cccnc2)c1. The third kappa shape index (κ3) is 7.46. The molecule has 0 aliphatic carbocycles. The number of carboxylic acids is 1. The fraction of sp³-hybridized carbons (Fsp3) is 0.273. The molecule has 0 fully saturated rings. The van der Waals surface area contributed by atoms with Crippen LogP contribution in [-0.2, 0) is 4.79 Å². The highest BCUT2D eigenvalue weighted by Gasteiger charge is 2.11. The standard InChI is InChI=1S/C22H25N5O2/c1-22(2,3)27-21(25-15-23)26-18-9-4-7-16(13-18)19(10-5-11-20(28)29)17-8-6-12-24-14-17/h4,6-10,12-14H,5,11H2,1-3H3,(H,28,29)(H2,25,26,27)/b19-10-. The number of hydrogen-bond donors (Lipinski definition) is 3. The first-order valence-corrected chi connectivity index (χ1v) is 9.23. The van der Waals surface area contributed by atoms with Gasteiger partial charge in [-0.15, -0.1) is 0 Å². The van der Waals surface area contributed by atoms with Gasteiger partial charge in [0.05, 0.1) is 5.54 Å². The molecule has 0 bridgehead atoms. The number of anilines is 1. The summed E-state index contributed by atoms with van der Waals surface area (Å²) in [5, 5.41) is 23.7. The van der Waals surface area contributed by atoms with Crippen LogP contribution in [0.25, 0.3) is 5.57 Å². The van der Waals surface area contributed by atoms with Crippen LogP contribution in [0.2, 0.25) is 0 Å². The van der Waals surface area contributed by atoms with Gasteiger partial charge in [-0.2, -0.15) is 5.26 Å². The third-order valence-electron chi connectivity index (χ3n) is 3.74. The van der Waals surface area contributed by atoms with Crippen molar-refractivity contribution in [2.45, 2.75) is 39.2 Å². The molecule has 0 radical (unpaired) electrons. The minimum Gasteiger partial charge on any atom is -0.481 e. The van der Waals surface area contributed by atoms with Crippen molar-refractivity contribution in [1.82, 2.24) is 10.3 Å². The van der Waals surface area contributed by atoms with Gasteiger partial charge in [0.25, 0.3) is 0 Å². The highest BCUT2D eigenvalue weighted by molar-refractivity contribution is 5.95. The van der Waals surface area contributed by atoms with E-state index in [1.54, 1.807) is 12.4 Å². The summed E-state index contributed by atoms with van der Waals surface area (Å²) in [6.07, 6.45) is 7.70. The van der Waals surface area contributed by atoms with Crippen LogP contribution < -0.4 is 10.6 Å². The van der Waals surface area contributed by atoms with Crippen LogP contribution >= 0.6 is 0 Å². The third-order valence-corrected chi connectivity index (χ3v) is 3.74. The number of guanidine groups is 1. The van der Waals surface area contributed by atoms with Crippen molar-refractivity contribution in [3.8, 4) is 6.19 Å². The van der Waals surface area contributed by atoms with Crippen molar-refractivity contribution < 1.29 is 9.90 Å². The van der Waals surface area contributed by atoms with Crippen molar-refractivity contribution in [2.24, 2.45) is 4.99 Å². The van der Waals surface area contributed by atoms with E-state index in [1.165, 1.54) is 0 Å². The maximum absolute atomic E-state index is 10.9. The predicted octanol–water partition coefficient (Wildman–Crippen LogP) is 4.02. The van der Waals surface area contributed by atoms with E-state index in [0.29, 0.717) is 12.4 Å². The monoisotopic (exact) mass is 391 g/mol. The lowest BCUT2D eigenvalue weighted by Crippen LogP contribution is -2.30. The summed E-state index contributed by atoms with van der Waals surface area (Å²) in [6, 6.07) is 11.4. The van der Waals surface area contributed by atoms with Crippen LogP contribution in [0.4, 0.5) is 5.69 Å². The number of carboxylic acid groups (broad SMARTS) is 1. The molecule has 1 aromatic heterocycles. The fourth-order valence-electron chi connectivity index (χ4n) is 2.64. The number of allylic oxidation sites excluding steroid dienone is 1. The number of rotatable bonds is 6. The molecule has 150 valence electrons. The van der Waals surface area contributed by atoms with E-state index >= 15 is 0 Å². The number of aliphatic imine (C=N–C) groups is 1. The molecule has 2 aromatic rings. The van der Waals surface area contributed by atoms with Gasteiger partial charge in [-0.3, -0.25) is 15.1 Å². The Kier molecular flexibility index (Phi) is 7.49. The molecular formula is C22H25N5O2. The highest BCUT2D eigenvalue weighted by atomic mass is 16.4. The number of pyridine rings is 1. The van der Waals surface area contributed by atoms with Gasteiger partial charge in [0.15, 0.2) is 6.19 Å². The van der Waals surface area contributed by atoms with Gasteiger partial charge < -0.3 is 10.4 Å². The van der Waals surface area contributed by atoms with Gasteiger partial charge in [-0.25, -0.2) is 4.99 Å². The van der Waals surface area contributed by atoms with Gasteiger partial charge in [-0.05, 0) is 56.5 Å². The molecule has 0 unspecified atom stereocenters. The second-order valence-electron chi connectivity index (χ2n) is 7.37. The normalized spacial score (nSPS) is 12.2. The molecule has 0 aliphatic heterocycles. The Morgan fingerprint density at radius 3 is 2.66 bits per heavy atom. The van der Waals surface area contributed by atoms with Crippen LogP contribution in [0.5, 0.6) is 0 Å². The fourth-order valence-corrected chi connectivity index (χ4v) is 2.64. The quantitative estimate of drug-likeness (QED) is 0.297. The van der Waals surface area contributed by atoms with Crippen LogP contribution in [0.3, 0.4) is 0 Å². The summed E-state index contributed by atoms with van der Waals surface area (Å²) in [7, 11) is 0. The zero-order valence-electron chi connectivity index (χ0n) is 16.8. The summed E-state index contributed by atoms with van der Waals surface area (Å²) in [5.41, 5.74) is 3.09. The summed E-state index contributed by atoms with van der Waals surface area (Å²) in [4.78, 5) is 19.6. The van der Waals surface area contributed by atoms with Gasteiger partial charge in [0.1, 0.15) is 0 Å². The number of carbonyl (C=O) groups is 1. The molecular weight excluding hydrogens is 366 g/mol. The molecule has 7 nitrogen and oxygen atoms in total. The molecule has 0 aliphatic rings. The van der Waals surface area contributed by atoms with E-state index in [2.05, 4.69) is 20.6 Å². The molecule has 0 atom stereocenters. The Bertz CT molecular complexity index is 938. The average molecular weight is 391 g/mol. The Morgan fingerprint density at radius 1 is 1.28 bits per heavy atom. The van der Waals surface area contributed by atoms with Crippen LogP contribution in [0.1, 0.15) is 44.7 Å². The highest BCUT2D eigenvalue weighted by Crippen LogP contribution is 2.26. The van der Waals surface area contributed by atoms with E-state index < -0.39 is 5.97 Å². The molecule has 1 aromatic carbocycles. The van der Waals surface area contributed by atoms with E-state index in [1.807, 2.05) is 69.4 Å². The number of nitrogens with one attached hydrogen (secondary N) is 2. The number of hydrogen-bond acceptors (Lipinski definition) is 4. The van der Waals surface area contributed by atoms with Gasteiger partial charge in [-0.1, -0.05) is 24.3 Å². The average Bonchev–Trinajstić information content (AvgIpc) is 2.65. The Balaban J connectivity index is 2.38. The number of aromatic nitrogens is 1. The van der Waals surface area contributed by atoms with Crippen molar-refractivity contribution >= 4 is 23.2 Å². The summed E-state index contributed by atoms with van der Waals surface area (Å²) >= 11 is 0. The zero-order valence-corrected chi connectivity index (χ0v) is 16.8. The van der Waals surface area contributed by atoms with E-state index in [-0.39, 0.29) is 12.0 Å². The van der Waals surface area contributed by atoms with Gasteiger partial charge in [0.2, 0.25) is 5.96 Å². The summed E-state index contributed by atoms with van der Waals surface area (Å²) < 4.78 is 0. The lowest BCUT2D eigenvalue weighted by Gasteiger charge is -2.17. The number of benzene rings is 1. The minimum absolute atomic E-state index is 0.0518. The smallest absolute Gasteiger partial charge is 0.303 e. The molecule has 1 heterocycles. The Morgan fingerprint density at radius 2 is 2.03 bits per heavy atom. The number of nitrogens with zero attached hydrogens (tertiary/aromatic N) is 3. The zero-order chi connectivity index (χ0) is 21.3. The lowest BCUT2D eigenvalue weighted by molar-refractivity contribution is -0.136. The maximum atomic E-state index is 10.9. The van der Waals surface area contributed by atoms with Gasteiger partial charge >= 0.3 is 5.97 Å². The van der Waals surface area contributed by atoms with E-state index in [4.69, 9.17) is 10.4 Å². The second kappa shape index (κ2) is 10.0. The molecule has 0 saturated carbocycles. The largest absolute Gasteiger partial charge is 0.481 e. The maximum Gasteiger partial charge on any atom is 0.303 e. The number of nitriles is 1. The van der Waals surface area contributed by atoms with E-state index in [0.717, 1.165) is 22.4 Å². The second-order valence-corrected chi connectivity index (χ2v) is 7.37. The van der Waals surface area contributed by atoms with Crippen LogP contribution in [0, 0.1) is 11.5 Å². The molecule has 0 spiro atoms. The summed E-state index contributed by atoms with van der Waals surface area (Å²) in [6.45, 7) is 5.82.